The van der Waals surface area contributed by atoms with E-state index in [4.69, 9.17) is 4.74 Å². The van der Waals surface area contributed by atoms with Crippen molar-refractivity contribution < 1.29 is 19.1 Å². The maximum Gasteiger partial charge on any atom is 0.253 e. The van der Waals surface area contributed by atoms with Crippen molar-refractivity contribution in [3.63, 3.8) is 0 Å². The number of nitrogens with one attached hydrogen (secondary N) is 1. The number of hydrogen-bond donors (Lipinski definition) is 1. The highest BCUT2D eigenvalue weighted by Crippen LogP contribution is 2.18. The summed E-state index contributed by atoms with van der Waals surface area (Å²) in [5.41, 5.74) is 1.54. The van der Waals surface area contributed by atoms with Crippen molar-refractivity contribution in [2.75, 3.05) is 33.8 Å². The van der Waals surface area contributed by atoms with Gasteiger partial charge in [-0.25, -0.2) is 0 Å². The van der Waals surface area contributed by atoms with Crippen molar-refractivity contribution in [2.24, 2.45) is 5.92 Å². The van der Waals surface area contributed by atoms with E-state index in [-0.39, 0.29) is 23.6 Å². The SMILES string of the molecule is CN(C)C(=O)c1ccc(CNC(=O)C2CCCN(C(=O)CCOc3ccccc3)C2)cc1. The summed E-state index contributed by atoms with van der Waals surface area (Å²) in [7, 11) is 3.43. The minimum Gasteiger partial charge on any atom is -0.493 e. The van der Waals surface area contributed by atoms with E-state index in [1.807, 2.05) is 42.5 Å². The molecule has 1 heterocycles. The lowest BCUT2D eigenvalue weighted by Crippen LogP contribution is -2.45. The van der Waals surface area contributed by atoms with Gasteiger partial charge in [0.05, 0.1) is 18.9 Å². The molecule has 1 atom stereocenters. The standard InChI is InChI=1S/C25H31N3O4/c1-27(2)25(31)20-12-10-19(11-13-20)17-26-24(30)21-7-6-15-28(18-21)23(29)14-16-32-22-8-4-3-5-9-22/h3-5,8-13,21H,6-7,14-18H2,1-2H3,(H,26,30). The van der Waals surface area contributed by atoms with Crippen LogP contribution in [-0.2, 0) is 16.1 Å². The molecule has 7 heteroatoms. The Kier molecular flexibility index (Phi) is 8.25. The summed E-state index contributed by atoms with van der Waals surface area (Å²) in [6, 6.07) is 16.6. The second-order valence-corrected chi connectivity index (χ2v) is 8.20. The minimum absolute atomic E-state index is 0.0135. The predicted octanol–water partition coefficient (Wildman–Crippen LogP) is 2.71. The van der Waals surface area contributed by atoms with Crippen molar-refractivity contribution in [3.05, 3.63) is 65.7 Å². The first-order valence-corrected chi connectivity index (χ1v) is 11.0. The molecule has 1 aliphatic rings. The van der Waals surface area contributed by atoms with Gasteiger partial charge in [0, 0.05) is 39.3 Å². The molecule has 1 N–H and O–H groups in total. The maximum absolute atomic E-state index is 12.7. The molecule has 0 bridgehead atoms. The van der Waals surface area contributed by atoms with Crippen molar-refractivity contribution in [1.29, 1.82) is 0 Å². The summed E-state index contributed by atoms with van der Waals surface area (Å²) in [5.74, 6) is 0.449. The second-order valence-electron chi connectivity index (χ2n) is 8.20. The number of likely N-dealkylation sites (tertiary alicyclic amines) is 1. The quantitative estimate of drug-likeness (QED) is 0.689. The number of nitrogens with zero attached hydrogens (tertiary/aromatic N) is 2. The van der Waals surface area contributed by atoms with Crippen LogP contribution in [0.5, 0.6) is 5.75 Å². The van der Waals surface area contributed by atoms with Gasteiger partial charge in [-0.05, 0) is 42.7 Å². The third kappa shape index (κ3) is 6.57. The molecule has 0 aliphatic carbocycles. The van der Waals surface area contributed by atoms with Gasteiger partial charge >= 0.3 is 0 Å². The van der Waals surface area contributed by atoms with Crippen LogP contribution in [0.25, 0.3) is 0 Å². The van der Waals surface area contributed by atoms with Gasteiger partial charge in [0.1, 0.15) is 5.75 Å². The third-order valence-electron chi connectivity index (χ3n) is 5.55. The molecule has 0 radical (unpaired) electrons. The summed E-state index contributed by atoms with van der Waals surface area (Å²) in [6.07, 6.45) is 1.87. The zero-order chi connectivity index (χ0) is 22.9. The molecule has 0 aromatic heterocycles. The lowest BCUT2D eigenvalue weighted by molar-refractivity contribution is -0.136. The van der Waals surface area contributed by atoms with Crippen molar-refractivity contribution in [3.8, 4) is 5.75 Å². The number of para-hydroxylation sites is 1. The summed E-state index contributed by atoms with van der Waals surface area (Å²) < 4.78 is 5.61. The Bertz CT molecular complexity index is 913. The molecule has 7 nitrogen and oxygen atoms in total. The number of benzene rings is 2. The molecule has 2 aromatic carbocycles. The lowest BCUT2D eigenvalue weighted by Gasteiger charge is -2.32. The Balaban J connectivity index is 1.43. The molecule has 1 saturated heterocycles. The lowest BCUT2D eigenvalue weighted by atomic mass is 9.96. The second kappa shape index (κ2) is 11.3. The van der Waals surface area contributed by atoms with Crippen molar-refractivity contribution in [1.82, 2.24) is 15.1 Å². The van der Waals surface area contributed by atoms with Gasteiger partial charge < -0.3 is 19.9 Å². The fourth-order valence-electron chi connectivity index (χ4n) is 3.71. The Morgan fingerprint density at radius 3 is 2.47 bits per heavy atom. The average molecular weight is 438 g/mol. The molecule has 3 rings (SSSR count). The molecule has 1 aliphatic heterocycles. The van der Waals surface area contributed by atoms with Crippen LogP contribution in [0.15, 0.2) is 54.6 Å². The van der Waals surface area contributed by atoms with E-state index < -0.39 is 0 Å². The number of amides is 3. The highest BCUT2D eigenvalue weighted by molar-refractivity contribution is 5.93. The number of piperidine rings is 1. The molecular formula is C25H31N3O4. The van der Waals surface area contributed by atoms with E-state index in [1.54, 1.807) is 31.1 Å². The number of carbonyl (C=O) groups excluding carboxylic acids is 3. The van der Waals surface area contributed by atoms with Crippen LogP contribution in [0.3, 0.4) is 0 Å². The van der Waals surface area contributed by atoms with E-state index in [2.05, 4.69) is 5.32 Å². The topological polar surface area (TPSA) is 79.0 Å². The highest BCUT2D eigenvalue weighted by Gasteiger charge is 2.28. The molecule has 32 heavy (non-hydrogen) atoms. The maximum atomic E-state index is 12.7. The van der Waals surface area contributed by atoms with E-state index >= 15 is 0 Å². The smallest absolute Gasteiger partial charge is 0.253 e. The molecule has 1 unspecified atom stereocenters. The number of carbonyl (C=O) groups is 3. The molecule has 1 fully saturated rings. The molecular weight excluding hydrogens is 406 g/mol. The first-order chi connectivity index (χ1) is 15.4. The van der Waals surface area contributed by atoms with Crippen LogP contribution in [0, 0.1) is 5.92 Å². The Morgan fingerprint density at radius 1 is 1.06 bits per heavy atom. The Morgan fingerprint density at radius 2 is 1.78 bits per heavy atom. The van der Waals surface area contributed by atoms with Gasteiger partial charge in [-0.15, -0.1) is 0 Å². The van der Waals surface area contributed by atoms with Gasteiger partial charge in [-0.3, -0.25) is 14.4 Å². The van der Waals surface area contributed by atoms with E-state index in [0.29, 0.717) is 38.2 Å². The fourth-order valence-corrected chi connectivity index (χ4v) is 3.71. The monoisotopic (exact) mass is 437 g/mol. The van der Waals surface area contributed by atoms with Crippen LogP contribution in [0.4, 0.5) is 0 Å². The zero-order valence-electron chi connectivity index (χ0n) is 18.8. The summed E-state index contributed by atoms with van der Waals surface area (Å²) in [6.45, 7) is 1.83. The predicted molar refractivity (Wildman–Crippen MR) is 122 cm³/mol. The van der Waals surface area contributed by atoms with E-state index in [9.17, 15) is 14.4 Å². The first-order valence-electron chi connectivity index (χ1n) is 11.0. The van der Waals surface area contributed by atoms with Crippen LogP contribution in [0.1, 0.15) is 35.2 Å². The summed E-state index contributed by atoms with van der Waals surface area (Å²) in [5, 5.41) is 2.97. The van der Waals surface area contributed by atoms with Gasteiger partial charge in [-0.2, -0.15) is 0 Å². The molecule has 170 valence electrons. The van der Waals surface area contributed by atoms with E-state index in [1.165, 1.54) is 4.90 Å². The number of rotatable bonds is 8. The molecule has 2 aromatic rings. The first kappa shape index (κ1) is 23.3. The fraction of sp³-hybridized carbons (Fsp3) is 0.400. The van der Waals surface area contributed by atoms with E-state index in [0.717, 1.165) is 24.2 Å². The number of ether oxygens (including phenoxy) is 1. The molecule has 0 spiro atoms. The van der Waals surface area contributed by atoms with Gasteiger partial charge in [0.2, 0.25) is 11.8 Å². The zero-order valence-corrected chi connectivity index (χ0v) is 18.8. The minimum atomic E-state index is -0.211. The summed E-state index contributed by atoms with van der Waals surface area (Å²) >= 11 is 0. The van der Waals surface area contributed by atoms with Crippen LogP contribution in [0.2, 0.25) is 0 Å². The summed E-state index contributed by atoms with van der Waals surface area (Å²) in [4.78, 5) is 40.5. The van der Waals surface area contributed by atoms with Gasteiger partial charge in [0.25, 0.3) is 5.91 Å². The largest absolute Gasteiger partial charge is 0.493 e. The molecule has 0 saturated carbocycles. The Hall–Kier alpha value is -3.35. The van der Waals surface area contributed by atoms with Crippen LogP contribution >= 0.6 is 0 Å². The Labute approximate surface area is 189 Å². The normalized spacial score (nSPS) is 15.7. The van der Waals surface area contributed by atoms with Crippen LogP contribution < -0.4 is 10.1 Å². The van der Waals surface area contributed by atoms with Crippen molar-refractivity contribution >= 4 is 17.7 Å². The number of hydrogen-bond acceptors (Lipinski definition) is 4. The molecule has 3 amide bonds. The van der Waals surface area contributed by atoms with Gasteiger partial charge in [0.15, 0.2) is 0 Å². The third-order valence-corrected chi connectivity index (χ3v) is 5.55. The average Bonchev–Trinajstić information content (AvgIpc) is 2.83. The van der Waals surface area contributed by atoms with Crippen LogP contribution in [-0.4, -0.2) is 61.3 Å². The van der Waals surface area contributed by atoms with Gasteiger partial charge in [-0.1, -0.05) is 30.3 Å². The highest BCUT2D eigenvalue weighted by atomic mass is 16.5. The van der Waals surface area contributed by atoms with Crippen molar-refractivity contribution in [2.45, 2.75) is 25.8 Å².